The van der Waals surface area contributed by atoms with Crippen LogP contribution in [0.3, 0.4) is 0 Å². The minimum absolute atomic E-state index is 0.0403. The Labute approximate surface area is 98.7 Å². The molecule has 0 radical (unpaired) electrons. The summed E-state index contributed by atoms with van der Waals surface area (Å²) in [4.78, 5) is 9.93. The Morgan fingerprint density at radius 3 is 2.82 bits per heavy atom. The second-order valence-corrected chi connectivity index (χ2v) is 3.75. The highest BCUT2D eigenvalue weighted by Crippen LogP contribution is 2.16. The van der Waals surface area contributed by atoms with Gasteiger partial charge in [-0.2, -0.15) is 0 Å². The topological polar surface area (TPSA) is 64.4 Å². The van der Waals surface area contributed by atoms with Crippen LogP contribution in [0.15, 0.2) is 18.2 Å². The molecule has 0 aromatic heterocycles. The molecule has 0 aliphatic heterocycles. The van der Waals surface area contributed by atoms with Crippen LogP contribution in [0.4, 0.5) is 10.1 Å². The van der Waals surface area contributed by atoms with Crippen LogP contribution in [0.2, 0.25) is 0 Å². The maximum atomic E-state index is 13.1. The van der Waals surface area contributed by atoms with E-state index in [4.69, 9.17) is 4.74 Å². The average Bonchev–Trinajstić information content (AvgIpc) is 2.28. The van der Waals surface area contributed by atoms with Gasteiger partial charge >= 0.3 is 0 Å². The lowest BCUT2D eigenvalue weighted by Gasteiger charge is -2.10. The van der Waals surface area contributed by atoms with Crippen molar-refractivity contribution in [2.75, 3.05) is 13.7 Å². The van der Waals surface area contributed by atoms with Gasteiger partial charge in [-0.05, 0) is 18.6 Å². The van der Waals surface area contributed by atoms with Gasteiger partial charge in [0, 0.05) is 26.3 Å². The lowest BCUT2D eigenvalue weighted by molar-refractivity contribution is -0.385. The summed E-state index contributed by atoms with van der Waals surface area (Å²) in [6, 6.07) is 3.53. The average molecular weight is 242 g/mol. The van der Waals surface area contributed by atoms with Crippen molar-refractivity contribution in [3.63, 3.8) is 0 Å². The van der Waals surface area contributed by atoms with E-state index in [2.05, 4.69) is 5.32 Å². The van der Waals surface area contributed by atoms with Gasteiger partial charge in [-0.1, -0.05) is 0 Å². The molecule has 0 aliphatic carbocycles. The number of non-ortho nitro benzene ring substituents is 1. The third-order valence-corrected chi connectivity index (χ3v) is 2.32. The summed E-state index contributed by atoms with van der Waals surface area (Å²) in [6.45, 7) is 2.86. The van der Waals surface area contributed by atoms with E-state index in [1.807, 2.05) is 6.92 Å². The highest BCUT2D eigenvalue weighted by Gasteiger charge is 2.09. The minimum Gasteiger partial charge on any atom is -0.380 e. The Balaban J connectivity index is 2.62. The number of ether oxygens (including phenoxy) is 1. The van der Waals surface area contributed by atoms with Gasteiger partial charge in [0.15, 0.2) is 0 Å². The zero-order chi connectivity index (χ0) is 12.8. The molecule has 1 atom stereocenters. The molecule has 1 aromatic carbocycles. The fraction of sp³-hybridized carbons (Fsp3) is 0.455. The smallest absolute Gasteiger partial charge is 0.272 e. The van der Waals surface area contributed by atoms with Gasteiger partial charge in [-0.25, -0.2) is 4.39 Å². The van der Waals surface area contributed by atoms with Crippen molar-refractivity contribution < 1.29 is 14.1 Å². The monoisotopic (exact) mass is 242 g/mol. The lowest BCUT2D eigenvalue weighted by atomic mass is 10.2. The molecule has 0 bridgehead atoms. The van der Waals surface area contributed by atoms with E-state index < -0.39 is 10.7 Å². The second kappa shape index (κ2) is 6.27. The summed E-state index contributed by atoms with van der Waals surface area (Å²) in [5, 5.41) is 13.6. The number of halogens is 1. The third-order valence-electron chi connectivity index (χ3n) is 2.32. The predicted molar refractivity (Wildman–Crippen MR) is 61.2 cm³/mol. The van der Waals surface area contributed by atoms with Crippen molar-refractivity contribution in [1.29, 1.82) is 0 Å². The maximum absolute atomic E-state index is 13.1. The molecule has 17 heavy (non-hydrogen) atoms. The van der Waals surface area contributed by atoms with E-state index in [0.717, 1.165) is 6.07 Å². The highest BCUT2D eigenvalue weighted by molar-refractivity contribution is 5.35. The van der Waals surface area contributed by atoms with Crippen LogP contribution in [0.25, 0.3) is 0 Å². The number of nitro groups is 1. The zero-order valence-electron chi connectivity index (χ0n) is 9.77. The number of nitro benzene ring substituents is 1. The summed E-state index contributed by atoms with van der Waals surface area (Å²) in [6.07, 6.45) is 0.0403. The molecule has 94 valence electrons. The number of rotatable bonds is 6. The Kier molecular flexibility index (Phi) is 4.99. The van der Waals surface area contributed by atoms with E-state index >= 15 is 0 Å². The van der Waals surface area contributed by atoms with Crippen molar-refractivity contribution >= 4 is 5.69 Å². The zero-order valence-corrected chi connectivity index (χ0v) is 9.77. The fourth-order valence-electron chi connectivity index (χ4n) is 1.34. The molecular formula is C11H15FN2O3. The first-order valence-corrected chi connectivity index (χ1v) is 5.20. The molecular weight excluding hydrogens is 227 g/mol. The first-order valence-electron chi connectivity index (χ1n) is 5.20. The van der Waals surface area contributed by atoms with E-state index in [9.17, 15) is 14.5 Å². The SMILES string of the molecule is COC(C)CNCc1cc(F)cc([N+](=O)[O-])c1. The van der Waals surface area contributed by atoms with Gasteiger partial charge in [0.1, 0.15) is 5.82 Å². The molecule has 0 amide bonds. The summed E-state index contributed by atoms with van der Waals surface area (Å²) in [5.41, 5.74) is 0.307. The molecule has 1 N–H and O–H groups in total. The molecule has 0 spiro atoms. The summed E-state index contributed by atoms with van der Waals surface area (Å²) >= 11 is 0. The van der Waals surface area contributed by atoms with Crippen molar-refractivity contribution in [2.45, 2.75) is 19.6 Å². The Bertz CT molecular complexity index is 398. The summed E-state index contributed by atoms with van der Waals surface area (Å²) in [7, 11) is 1.60. The molecule has 0 saturated heterocycles. The summed E-state index contributed by atoms with van der Waals surface area (Å²) < 4.78 is 18.1. The molecule has 0 fully saturated rings. The Morgan fingerprint density at radius 2 is 2.24 bits per heavy atom. The van der Waals surface area contributed by atoms with E-state index in [1.54, 1.807) is 7.11 Å². The third kappa shape index (κ3) is 4.46. The molecule has 5 nitrogen and oxygen atoms in total. The van der Waals surface area contributed by atoms with Crippen LogP contribution >= 0.6 is 0 Å². The standard InChI is InChI=1S/C11H15FN2O3/c1-8(17-2)6-13-7-9-3-10(12)5-11(4-9)14(15)16/h3-5,8,13H,6-7H2,1-2H3. The van der Waals surface area contributed by atoms with Crippen molar-refractivity contribution in [3.8, 4) is 0 Å². The van der Waals surface area contributed by atoms with E-state index in [0.29, 0.717) is 18.7 Å². The number of hydrogen-bond donors (Lipinski definition) is 1. The van der Waals surface area contributed by atoms with Crippen LogP contribution in [0, 0.1) is 15.9 Å². The molecule has 0 heterocycles. The van der Waals surface area contributed by atoms with Crippen molar-refractivity contribution in [1.82, 2.24) is 5.32 Å². The molecule has 0 aliphatic rings. The minimum atomic E-state index is -0.607. The van der Waals surface area contributed by atoms with Crippen LogP contribution in [-0.4, -0.2) is 24.7 Å². The quantitative estimate of drug-likeness (QED) is 0.611. The fourth-order valence-corrected chi connectivity index (χ4v) is 1.34. The molecule has 6 heteroatoms. The number of hydrogen-bond acceptors (Lipinski definition) is 4. The van der Waals surface area contributed by atoms with Crippen LogP contribution in [0.5, 0.6) is 0 Å². The van der Waals surface area contributed by atoms with Gasteiger partial charge in [0.05, 0.1) is 17.1 Å². The van der Waals surface area contributed by atoms with Crippen molar-refractivity contribution in [3.05, 3.63) is 39.7 Å². The number of benzene rings is 1. The van der Waals surface area contributed by atoms with Gasteiger partial charge in [0.2, 0.25) is 0 Å². The summed E-state index contributed by atoms with van der Waals surface area (Å²) in [5.74, 6) is -0.601. The maximum Gasteiger partial charge on any atom is 0.272 e. The van der Waals surface area contributed by atoms with Crippen LogP contribution in [0.1, 0.15) is 12.5 Å². The van der Waals surface area contributed by atoms with E-state index in [-0.39, 0.29) is 11.8 Å². The first kappa shape index (κ1) is 13.5. The Morgan fingerprint density at radius 1 is 1.53 bits per heavy atom. The Hall–Kier alpha value is -1.53. The van der Waals surface area contributed by atoms with E-state index in [1.165, 1.54) is 12.1 Å². The lowest BCUT2D eigenvalue weighted by Crippen LogP contribution is -2.25. The van der Waals surface area contributed by atoms with Gasteiger partial charge in [0.25, 0.3) is 5.69 Å². The van der Waals surface area contributed by atoms with Crippen LogP contribution in [-0.2, 0) is 11.3 Å². The molecule has 0 saturated carbocycles. The van der Waals surface area contributed by atoms with Gasteiger partial charge < -0.3 is 10.1 Å². The van der Waals surface area contributed by atoms with Crippen LogP contribution < -0.4 is 5.32 Å². The predicted octanol–water partition coefficient (Wildman–Crippen LogP) is 1.86. The largest absolute Gasteiger partial charge is 0.380 e. The number of methoxy groups -OCH3 is 1. The van der Waals surface area contributed by atoms with Gasteiger partial charge in [-0.15, -0.1) is 0 Å². The molecule has 1 aromatic rings. The normalized spacial score (nSPS) is 12.4. The number of nitrogens with one attached hydrogen (secondary N) is 1. The first-order chi connectivity index (χ1) is 8.02. The van der Waals surface area contributed by atoms with Crippen molar-refractivity contribution in [2.24, 2.45) is 0 Å². The second-order valence-electron chi connectivity index (χ2n) is 3.75. The molecule has 1 rings (SSSR count). The van der Waals surface area contributed by atoms with Gasteiger partial charge in [-0.3, -0.25) is 10.1 Å². The highest BCUT2D eigenvalue weighted by atomic mass is 19.1. The number of nitrogens with zero attached hydrogens (tertiary/aromatic N) is 1. The molecule has 1 unspecified atom stereocenters.